The van der Waals surface area contributed by atoms with Crippen molar-refractivity contribution in [3.05, 3.63) is 34.9 Å². The van der Waals surface area contributed by atoms with Gasteiger partial charge in [-0.1, -0.05) is 49.6 Å². The van der Waals surface area contributed by atoms with E-state index in [1.54, 1.807) is 0 Å². The average Bonchev–Trinajstić information content (AvgIpc) is 2.37. The van der Waals surface area contributed by atoms with Gasteiger partial charge in [0.15, 0.2) is 0 Å². The van der Waals surface area contributed by atoms with Crippen LogP contribution in [0.15, 0.2) is 18.2 Å². The Balaban J connectivity index is 2.12. The van der Waals surface area contributed by atoms with E-state index in [2.05, 4.69) is 45.9 Å². The maximum atomic E-state index is 6.71. The van der Waals surface area contributed by atoms with E-state index in [0.717, 1.165) is 12.8 Å². The molecule has 2 rings (SSSR count). The van der Waals surface area contributed by atoms with Crippen LogP contribution in [0.3, 0.4) is 0 Å². The first kappa shape index (κ1) is 14.6. The largest absolute Gasteiger partial charge is 0.325 e. The monoisotopic (exact) mass is 259 g/mol. The highest BCUT2D eigenvalue weighted by Gasteiger charge is 2.32. The van der Waals surface area contributed by atoms with Gasteiger partial charge < -0.3 is 5.73 Å². The summed E-state index contributed by atoms with van der Waals surface area (Å²) >= 11 is 0. The topological polar surface area (TPSA) is 26.0 Å². The minimum Gasteiger partial charge on any atom is -0.325 e. The molecule has 1 nitrogen and oxygen atoms in total. The molecule has 1 aliphatic rings. The van der Waals surface area contributed by atoms with Gasteiger partial charge in [0.25, 0.3) is 0 Å². The number of hydrogen-bond acceptors (Lipinski definition) is 1. The molecule has 0 amide bonds. The molecule has 1 unspecified atom stereocenters. The molecule has 19 heavy (non-hydrogen) atoms. The van der Waals surface area contributed by atoms with Crippen molar-refractivity contribution < 1.29 is 0 Å². The van der Waals surface area contributed by atoms with E-state index in [-0.39, 0.29) is 5.54 Å². The third-order valence-electron chi connectivity index (χ3n) is 4.67. The lowest BCUT2D eigenvalue weighted by atomic mass is 9.81. The maximum Gasteiger partial charge on any atom is 0.0195 e. The second-order valence-corrected chi connectivity index (χ2v) is 7.55. The van der Waals surface area contributed by atoms with E-state index in [9.17, 15) is 0 Å². The molecule has 1 saturated carbocycles. The zero-order valence-electron chi connectivity index (χ0n) is 13.1. The quantitative estimate of drug-likeness (QED) is 0.776. The van der Waals surface area contributed by atoms with E-state index in [1.165, 1.54) is 42.4 Å². The molecule has 2 N–H and O–H groups in total. The third kappa shape index (κ3) is 4.07. The molecule has 1 aromatic carbocycles. The third-order valence-corrected chi connectivity index (χ3v) is 4.67. The van der Waals surface area contributed by atoms with E-state index in [4.69, 9.17) is 5.73 Å². The molecule has 106 valence electrons. The molecular formula is C18H29N. The van der Waals surface area contributed by atoms with Crippen molar-refractivity contribution in [2.45, 2.75) is 71.8 Å². The fourth-order valence-corrected chi connectivity index (χ4v) is 3.51. The lowest BCUT2D eigenvalue weighted by Gasteiger charge is -2.29. The summed E-state index contributed by atoms with van der Waals surface area (Å²) in [7, 11) is 0. The first-order valence-corrected chi connectivity index (χ1v) is 7.64. The zero-order chi connectivity index (χ0) is 14.1. The van der Waals surface area contributed by atoms with Crippen LogP contribution in [0, 0.1) is 19.3 Å². The Morgan fingerprint density at radius 3 is 2.21 bits per heavy atom. The van der Waals surface area contributed by atoms with Crippen LogP contribution in [-0.4, -0.2) is 5.54 Å². The number of hydrogen-bond donors (Lipinski definition) is 1. The molecular weight excluding hydrogens is 230 g/mol. The Bertz CT molecular complexity index is 427. The highest BCUT2D eigenvalue weighted by atomic mass is 14.7. The van der Waals surface area contributed by atoms with E-state index < -0.39 is 0 Å². The fraction of sp³-hybridized carbons (Fsp3) is 0.667. The van der Waals surface area contributed by atoms with Crippen molar-refractivity contribution in [3.8, 4) is 0 Å². The second-order valence-electron chi connectivity index (χ2n) is 7.55. The zero-order valence-corrected chi connectivity index (χ0v) is 13.1. The van der Waals surface area contributed by atoms with Crippen molar-refractivity contribution in [2.75, 3.05) is 0 Å². The van der Waals surface area contributed by atoms with Gasteiger partial charge in [0.2, 0.25) is 0 Å². The first-order valence-electron chi connectivity index (χ1n) is 7.64. The van der Waals surface area contributed by atoms with Crippen molar-refractivity contribution in [1.82, 2.24) is 0 Å². The molecule has 1 atom stereocenters. The van der Waals surface area contributed by atoms with E-state index in [1.807, 2.05) is 0 Å². The normalized spacial score (nSPS) is 27.0. The molecule has 0 spiro atoms. The Morgan fingerprint density at radius 2 is 1.58 bits per heavy atom. The maximum absolute atomic E-state index is 6.71. The lowest BCUT2D eigenvalue weighted by Crippen LogP contribution is -2.41. The lowest BCUT2D eigenvalue weighted by molar-refractivity contribution is 0.297. The van der Waals surface area contributed by atoms with Crippen molar-refractivity contribution in [3.63, 3.8) is 0 Å². The van der Waals surface area contributed by atoms with Gasteiger partial charge in [-0.25, -0.2) is 0 Å². The average molecular weight is 259 g/mol. The van der Waals surface area contributed by atoms with Gasteiger partial charge >= 0.3 is 0 Å². The van der Waals surface area contributed by atoms with Crippen LogP contribution in [0.4, 0.5) is 0 Å². The summed E-state index contributed by atoms with van der Waals surface area (Å²) in [5.41, 5.74) is 11.3. The smallest absolute Gasteiger partial charge is 0.0195 e. The Labute approximate surface area is 118 Å². The van der Waals surface area contributed by atoms with Crippen LogP contribution in [0.25, 0.3) is 0 Å². The molecule has 0 aliphatic heterocycles. The minimum atomic E-state index is 0.00794. The van der Waals surface area contributed by atoms with Crippen LogP contribution >= 0.6 is 0 Å². The Hall–Kier alpha value is -0.820. The summed E-state index contributed by atoms with van der Waals surface area (Å²) in [5, 5.41) is 0. The molecule has 1 fully saturated rings. The number of rotatable bonds is 2. The predicted octanol–water partition coefficient (Wildman–Crippen LogP) is 4.53. The van der Waals surface area contributed by atoms with Gasteiger partial charge in [-0.05, 0) is 56.9 Å². The highest BCUT2D eigenvalue weighted by molar-refractivity contribution is 5.29. The summed E-state index contributed by atoms with van der Waals surface area (Å²) in [6, 6.07) is 6.85. The van der Waals surface area contributed by atoms with Crippen molar-refractivity contribution >= 4 is 0 Å². The minimum absolute atomic E-state index is 0.00794. The van der Waals surface area contributed by atoms with E-state index >= 15 is 0 Å². The molecule has 0 saturated heterocycles. The molecule has 1 heteroatoms. The van der Waals surface area contributed by atoms with Crippen molar-refractivity contribution in [1.29, 1.82) is 0 Å². The van der Waals surface area contributed by atoms with Crippen LogP contribution in [0.1, 0.15) is 62.6 Å². The van der Waals surface area contributed by atoms with Gasteiger partial charge in [-0.15, -0.1) is 0 Å². The summed E-state index contributed by atoms with van der Waals surface area (Å²) < 4.78 is 0. The fourth-order valence-electron chi connectivity index (χ4n) is 3.51. The summed E-state index contributed by atoms with van der Waals surface area (Å²) in [6.45, 7) is 9.12. The van der Waals surface area contributed by atoms with Gasteiger partial charge in [-0.3, -0.25) is 0 Å². The highest BCUT2D eigenvalue weighted by Crippen LogP contribution is 2.38. The van der Waals surface area contributed by atoms with Gasteiger partial charge in [-0.2, -0.15) is 0 Å². The molecule has 0 radical (unpaired) electrons. The summed E-state index contributed by atoms with van der Waals surface area (Å²) in [4.78, 5) is 0. The Morgan fingerprint density at radius 1 is 0.947 bits per heavy atom. The van der Waals surface area contributed by atoms with Crippen molar-refractivity contribution in [2.24, 2.45) is 11.1 Å². The van der Waals surface area contributed by atoms with Gasteiger partial charge in [0, 0.05) is 5.54 Å². The van der Waals surface area contributed by atoms with Crippen LogP contribution in [0.2, 0.25) is 0 Å². The number of nitrogens with two attached hydrogens (primary N) is 1. The first-order chi connectivity index (χ1) is 8.78. The molecule has 0 heterocycles. The Kier molecular flexibility index (Phi) is 4.06. The second kappa shape index (κ2) is 5.28. The van der Waals surface area contributed by atoms with Gasteiger partial charge in [0.05, 0.1) is 0 Å². The van der Waals surface area contributed by atoms with Gasteiger partial charge in [0.1, 0.15) is 0 Å². The van der Waals surface area contributed by atoms with Crippen LogP contribution < -0.4 is 5.73 Å². The summed E-state index contributed by atoms with van der Waals surface area (Å²) in [6.07, 6.45) is 7.21. The SMILES string of the molecule is Cc1cc(C)cc(CC2(N)CCCC(C)(C)CC2)c1. The van der Waals surface area contributed by atoms with Crippen LogP contribution in [-0.2, 0) is 6.42 Å². The predicted molar refractivity (Wildman–Crippen MR) is 83.4 cm³/mol. The van der Waals surface area contributed by atoms with E-state index in [0.29, 0.717) is 5.41 Å². The number of benzene rings is 1. The standard InChI is InChI=1S/C18H29N/c1-14-10-15(2)12-16(11-14)13-18(19)7-5-6-17(3,4)8-9-18/h10-12H,5-9,13,19H2,1-4H3. The molecule has 1 aromatic rings. The molecule has 0 bridgehead atoms. The molecule has 0 aromatic heterocycles. The molecule has 1 aliphatic carbocycles. The van der Waals surface area contributed by atoms with Crippen LogP contribution in [0.5, 0.6) is 0 Å². The number of aryl methyl sites for hydroxylation is 2. The summed E-state index contributed by atoms with van der Waals surface area (Å²) in [5.74, 6) is 0.